The number of aryl methyl sites for hydroxylation is 2. The number of pyridine rings is 2. The van der Waals surface area contributed by atoms with Crippen molar-refractivity contribution >= 4 is 23.6 Å². The lowest BCUT2D eigenvalue weighted by Crippen LogP contribution is -2.38. The minimum atomic E-state index is 0.0416. The molecule has 1 N–H and O–H groups in total. The van der Waals surface area contributed by atoms with E-state index in [1.807, 2.05) is 61.6 Å². The summed E-state index contributed by atoms with van der Waals surface area (Å²) >= 11 is 0. The fraction of sp³-hybridized carbons (Fsp3) is 0.304. The van der Waals surface area contributed by atoms with Gasteiger partial charge in [0.05, 0.1) is 6.20 Å². The third kappa shape index (κ3) is 4.92. The van der Waals surface area contributed by atoms with E-state index in [9.17, 15) is 4.79 Å². The highest BCUT2D eigenvalue weighted by Gasteiger charge is 2.24. The van der Waals surface area contributed by atoms with Gasteiger partial charge in [0.15, 0.2) is 0 Å². The van der Waals surface area contributed by atoms with Crippen LogP contribution in [0.3, 0.4) is 0 Å². The SMILES string of the molecule is Cc1cccc(Nc2cc(C3CCCN(C(=O)C=Cc4cnn(C)c4)C3)ccn2)n1. The fourth-order valence-electron chi connectivity index (χ4n) is 3.76. The highest BCUT2D eigenvalue weighted by molar-refractivity contribution is 5.91. The molecule has 3 aromatic heterocycles. The molecule has 1 fully saturated rings. The van der Waals surface area contributed by atoms with E-state index in [1.54, 1.807) is 17.0 Å². The van der Waals surface area contributed by atoms with Gasteiger partial charge >= 0.3 is 0 Å². The zero-order valence-corrected chi connectivity index (χ0v) is 17.3. The van der Waals surface area contributed by atoms with Gasteiger partial charge in [0.1, 0.15) is 11.6 Å². The van der Waals surface area contributed by atoms with Crippen LogP contribution in [0.5, 0.6) is 0 Å². The summed E-state index contributed by atoms with van der Waals surface area (Å²) in [7, 11) is 1.86. The number of hydrogen-bond acceptors (Lipinski definition) is 5. The van der Waals surface area contributed by atoms with E-state index in [0.29, 0.717) is 12.5 Å². The summed E-state index contributed by atoms with van der Waals surface area (Å²) in [5, 5.41) is 7.40. The summed E-state index contributed by atoms with van der Waals surface area (Å²) in [5.74, 6) is 1.88. The Bertz CT molecular complexity index is 1060. The predicted octanol–water partition coefficient (Wildman–Crippen LogP) is 3.68. The molecule has 1 unspecified atom stereocenters. The number of carbonyl (C=O) groups is 1. The first kappa shape index (κ1) is 19.8. The number of hydrogen-bond donors (Lipinski definition) is 1. The van der Waals surface area contributed by atoms with Crippen LogP contribution < -0.4 is 5.32 Å². The minimum Gasteiger partial charge on any atom is -0.339 e. The summed E-state index contributed by atoms with van der Waals surface area (Å²) in [5.41, 5.74) is 3.07. The van der Waals surface area contributed by atoms with Crippen LogP contribution in [-0.2, 0) is 11.8 Å². The minimum absolute atomic E-state index is 0.0416. The number of nitrogens with zero attached hydrogens (tertiary/aromatic N) is 5. The van der Waals surface area contributed by atoms with E-state index in [2.05, 4.69) is 26.4 Å². The number of aromatic nitrogens is 4. The van der Waals surface area contributed by atoms with Gasteiger partial charge < -0.3 is 10.2 Å². The molecule has 0 aliphatic carbocycles. The average molecular weight is 403 g/mol. The Morgan fingerprint density at radius 1 is 1.27 bits per heavy atom. The van der Waals surface area contributed by atoms with Gasteiger partial charge in [-0.05, 0) is 55.7 Å². The molecule has 4 heterocycles. The Labute approximate surface area is 176 Å². The van der Waals surface area contributed by atoms with E-state index in [0.717, 1.165) is 42.3 Å². The quantitative estimate of drug-likeness (QED) is 0.659. The maximum absolute atomic E-state index is 12.7. The normalized spacial score (nSPS) is 16.7. The fourth-order valence-corrected chi connectivity index (χ4v) is 3.76. The van der Waals surface area contributed by atoms with Crippen molar-refractivity contribution in [1.82, 2.24) is 24.6 Å². The molecule has 30 heavy (non-hydrogen) atoms. The van der Waals surface area contributed by atoms with Crippen molar-refractivity contribution in [2.75, 3.05) is 18.4 Å². The van der Waals surface area contributed by atoms with E-state index in [-0.39, 0.29) is 5.91 Å². The molecule has 0 bridgehead atoms. The van der Waals surface area contributed by atoms with Crippen LogP contribution in [0.1, 0.15) is 35.6 Å². The molecular weight excluding hydrogens is 376 g/mol. The van der Waals surface area contributed by atoms with Crippen molar-refractivity contribution < 1.29 is 4.79 Å². The van der Waals surface area contributed by atoms with Crippen LogP contribution in [-0.4, -0.2) is 43.6 Å². The van der Waals surface area contributed by atoms with Crippen LogP contribution in [0.2, 0.25) is 0 Å². The molecule has 1 aliphatic rings. The highest BCUT2D eigenvalue weighted by atomic mass is 16.2. The number of likely N-dealkylation sites (tertiary alicyclic amines) is 1. The number of anilines is 2. The molecule has 1 amide bonds. The van der Waals surface area contributed by atoms with Gasteiger partial charge in [0, 0.05) is 55.8 Å². The van der Waals surface area contributed by atoms with Crippen LogP contribution in [0.4, 0.5) is 11.6 Å². The van der Waals surface area contributed by atoms with Gasteiger partial charge in [-0.2, -0.15) is 5.10 Å². The Morgan fingerprint density at radius 2 is 2.17 bits per heavy atom. The lowest BCUT2D eigenvalue weighted by Gasteiger charge is -2.32. The zero-order valence-electron chi connectivity index (χ0n) is 17.3. The Balaban J connectivity index is 1.42. The van der Waals surface area contributed by atoms with E-state index in [4.69, 9.17) is 0 Å². The zero-order chi connectivity index (χ0) is 20.9. The maximum Gasteiger partial charge on any atom is 0.246 e. The molecule has 1 aliphatic heterocycles. The Hall–Kier alpha value is -3.48. The molecule has 0 aromatic carbocycles. The van der Waals surface area contributed by atoms with Crippen LogP contribution >= 0.6 is 0 Å². The van der Waals surface area contributed by atoms with Crippen molar-refractivity contribution in [3.63, 3.8) is 0 Å². The monoisotopic (exact) mass is 402 g/mol. The second-order valence-corrected chi connectivity index (χ2v) is 7.67. The number of carbonyl (C=O) groups excluding carboxylic acids is 1. The predicted molar refractivity (Wildman–Crippen MR) is 117 cm³/mol. The van der Waals surface area contributed by atoms with Crippen molar-refractivity contribution in [2.24, 2.45) is 7.05 Å². The molecule has 154 valence electrons. The number of piperidine rings is 1. The molecular formula is C23H26N6O. The summed E-state index contributed by atoms with van der Waals surface area (Å²) in [6, 6.07) is 9.97. The molecule has 7 heteroatoms. The lowest BCUT2D eigenvalue weighted by molar-refractivity contribution is -0.127. The first-order valence-electron chi connectivity index (χ1n) is 10.2. The molecule has 0 radical (unpaired) electrons. The Kier molecular flexibility index (Phi) is 5.88. The lowest BCUT2D eigenvalue weighted by atomic mass is 9.91. The van der Waals surface area contributed by atoms with Crippen LogP contribution in [0, 0.1) is 6.92 Å². The van der Waals surface area contributed by atoms with Crippen LogP contribution in [0.15, 0.2) is 55.0 Å². The van der Waals surface area contributed by atoms with E-state index < -0.39 is 0 Å². The first-order valence-corrected chi connectivity index (χ1v) is 10.2. The largest absolute Gasteiger partial charge is 0.339 e. The van der Waals surface area contributed by atoms with Crippen molar-refractivity contribution in [2.45, 2.75) is 25.7 Å². The summed E-state index contributed by atoms with van der Waals surface area (Å²) in [4.78, 5) is 23.5. The third-order valence-electron chi connectivity index (χ3n) is 5.28. The van der Waals surface area contributed by atoms with E-state index in [1.165, 1.54) is 5.56 Å². The van der Waals surface area contributed by atoms with Gasteiger partial charge in [-0.3, -0.25) is 9.48 Å². The first-order chi connectivity index (χ1) is 14.6. The molecule has 0 saturated carbocycles. The van der Waals surface area contributed by atoms with Gasteiger partial charge in [0.25, 0.3) is 0 Å². The second-order valence-electron chi connectivity index (χ2n) is 7.67. The van der Waals surface area contributed by atoms with E-state index >= 15 is 0 Å². The summed E-state index contributed by atoms with van der Waals surface area (Å²) in [6.07, 6.45) is 11.0. The smallest absolute Gasteiger partial charge is 0.246 e. The third-order valence-corrected chi connectivity index (χ3v) is 5.28. The van der Waals surface area contributed by atoms with Gasteiger partial charge in [-0.25, -0.2) is 9.97 Å². The van der Waals surface area contributed by atoms with Crippen molar-refractivity contribution in [3.05, 3.63) is 71.8 Å². The summed E-state index contributed by atoms with van der Waals surface area (Å²) in [6.45, 7) is 3.46. The standard InChI is InChI=1S/C23H26N6O/c1-17-5-3-7-21(26-17)27-22-13-19(10-11-24-22)20-6-4-12-29(16-20)23(30)9-8-18-14-25-28(2)15-18/h3,5,7-11,13-15,20H,4,6,12,16H2,1-2H3,(H,24,26,27). The molecule has 1 atom stereocenters. The molecule has 7 nitrogen and oxygen atoms in total. The highest BCUT2D eigenvalue weighted by Crippen LogP contribution is 2.28. The molecule has 0 spiro atoms. The maximum atomic E-state index is 12.7. The van der Waals surface area contributed by atoms with Gasteiger partial charge in [-0.15, -0.1) is 0 Å². The Morgan fingerprint density at radius 3 is 2.97 bits per heavy atom. The van der Waals surface area contributed by atoms with Crippen LogP contribution in [0.25, 0.3) is 6.08 Å². The van der Waals surface area contributed by atoms with Gasteiger partial charge in [-0.1, -0.05) is 6.07 Å². The van der Waals surface area contributed by atoms with Crippen molar-refractivity contribution in [1.29, 1.82) is 0 Å². The molecule has 3 aromatic rings. The number of rotatable bonds is 5. The number of nitrogens with one attached hydrogen (secondary N) is 1. The average Bonchev–Trinajstić information content (AvgIpc) is 3.17. The second kappa shape index (κ2) is 8.90. The molecule has 1 saturated heterocycles. The van der Waals surface area contributed by atoms with Crippen molar-refractivity contribution in [3.8, 4) is 0 Å². The molecule has 4 rings (SSSR count). The van der Waals surface area contributed by atoms with Gasteiger partial charge in [0.2, 0.25) is 5.91 Å². The topological polar surface area (TPSA) is 75.9 Å². The summed E-state index contributed by atoms with van der Waals surface area (Å²) < 4.78 is 1.72. The number of amides is 1.